The van der Waals surface area contributed by atoms with Crippen LogP contribution in [0.3, 0.4) is 0 Å². The van der Waals surface area contributed by atoms with Gasteiger partial charge in [0.1, 0.15) is 5.01 Å². The number of aryl methyl sites for hydroxylation is 2. The Morgan fingerprint density at radius 1 is 1.50 bits per heavy atom. The van der Waals surface area contributed by atoms with E-state index in [2.05, 4.69) is 26.1 Å². The summed E-state index contributed by atoms with van der Waals surface area (Å²) in [5.74, 6) is 1.12. The zero-order valence-electron chi connectivity index (χ0n) is 11.6. The van der Waals surface area contributed by atoms with Crippen LogP contribution in [0.1, 0.15) is 28.9 Å². The third kappa shape index (κ3) is 2.90. The first-order valence-electron chi connectivity index (χ1n) is 6.37. The minimum atomic E-state index is 0.0618. The molecule has 1 fully saturated rings. The van der Waals surface area contributed by atoms with E-state index < -0.39 is 0 Å². The molecule has 1 aromatic rings. The number of nitrogens with zero attached hydrogens (tertiary/aromatic N) is 1. The molecule has 5 heteroatoms. The average molecular weight is 286 g/mol. The second-order valence-electron chi connectivity index (χ2n) is 4.99. The van der Waals surface area contributed by atoms with Gasteiger partial charge in [-0.1, -0.05) is 6.92 Å². The Bertz CT molecular complexity index is 388. The van der Waals surface area contributed by atoms with Gasteiger partial charge in [0, 0.05) is 29.5 Å². The Hall–Kier alpha value is -0.100. The molecular formula is C13H22N2OS2. The van der Waals surface area contributed by atoms with E-state index in [4.69, 9.17) is 9.72 Å². The number of rotatable bonds is 5. The number of methoxy groups -OCH3 is 1. The molecule has 2 unspecified atom stereocenters. The Kier molecular flexibility index (Phi) is 4.69. The normalized spacial score (nSPS) is 27.9. The molecule has 0 aromatic carbocycles. The smallest absolute Gasteiger partial charge is 0.114 e. The summed E-state index contributed by atoms with van der Waals surface area (Å²) in [5.41, 5.74) is 1.24. The monoisotopic (exact) mass is 286 g/mol. The van der Waals surface area contributed by atoms with E-state index >= 15 is 0 Å². The Morgan fingerprint density at radius 3 is 2.78 bits per heavy atom. The van der Waals surface area contributed by atoms with Crippen LogP contribution >= 0.6 is 23.1 Å². The van der Waals surface area contributed by atoms with Crippen LogP contribution in [0.4, 0.5) is 0 Å². The SMILES string of the molecule is COCCNC1(c2nc(C)c(C)s2)CSC(C)C1. The van der Waals surface area contributed by atoms with Crippen molar-refractivity contribution >= 4 is 23.1 Å². The summed E-state index contributed by atoms with van der Waals surface area (Å²) in [6, 6.07) is 0. The van der Waals surface area contributed by atoms with E-state index in [-0.39, 0.29) is 5.54 Å². The van der Waals surface area contributed by atoms with E-state index in [1.807, 2.05) is 23.1 Å². The van der Waals surface area contributed by atoms with Crippen molar-refractivity contribution in [1.82, 2.24) is 10.3 Å². The molecule has 1 aromatic heterocycles. The molecule has 18 heavy (non-hydrogen) atoms. The maximum Gasteiger partial charge on any atom is 0.114 e. The van der Waals surface area contributed by atoms with Gasteiger partial charge in [-0.2, -0.15) is 11.8 Å². The van der Waals surface area contributed by atoms with Crippen LogP contribution in [-0.2, 0) is 10.3 Å². The fraction of sp³-hybridized carbons (Fsp3) is 0.769. The van der Waals surface area contributed by atoms with Crippen LogP contribution in [0.2, 0.25) is 0 Å². The number of aromatic nitrogens is 1. The molecule has 0 bridgehead atoms. The molecule has 2 heterocycles. The Balaban J connectivity index is 2.19. The van der Waals surface area contributed by atoms with Crippen molar-refractivity contribution in [2.75, 3.05) is 26.0 Å². The zero-order chi connectivity index (χ0) is 13.2. The van der Waals surface area contributed by atoms with Crippen LogP contribution in [-0.4, -0.2) is 36.2 Å². The molecule has 0 radical (unpaired) electrons. The summed E-state index contributed by atoms with van der Waals surface area (Å²) in [5, 5.41) is 5.64. The molecule has 2 atom stereocenters. The van der Waals surface area contributed by atoms with E-state index in [1.54, 1.807) is 7.11 Å². The van der Waals surface area contributed by atoms with Crippen LogP contribution in [0.25, 0.3) is 0 Å². The van der Waals surface area contributed by atoms with Gasteiger partial charge in [-0.15, -0.1) is 11.3 Å². The van der Waals surface area contributed by atoms with Crippen molar-refractivity contribution in [2.24, 2.45) is 0 Å². The van der Waals surface area contributed by atoms with Gasteiger partial charge >= 0.3 is 0 Å². The third-order valence-corrected chi connectivity index (χ3v) is 6.13. The van der Waals surface area contributed by atoms with Crippen molar-refractivity contribution in [2.45, 2.75) is 38.0 Å². The summed E-state index contributed by atoms with van der Waals surface area (Å²) in [4.78, 5) is 6.12. The molecule has 1 N–H and O–H groups in total. The second-order valence-corrected chi connectivity index (χ2v) is 7.62. The molecule has 0 saturated carbocycles. The fourth-order valence-corrected chi connectivity index (χ4v) is 4.82. The van der Waals surface area contributed by atoms with Gasteiger partial charge in [-0.05, 0) is 20.3 Å². The van der Waals surface area contributed by atoms with Crippen molar-refractivity contribution < 1.29 is 4.74 Å². The number of hydrogen-bond donors (Lipinski definition) is 1. The highest BCUT2D eigenvalue weighted by molar-refractivity contribution is 8.00. The van der Waals surface area contributed by atoms with Crippen LogP contribution in [0.15, 0.2) is 0 Å². The number of ether oxygens (including phenoxy) is 1. The predicted octanol–water partition coefficient (Wildman–Crippen LogP) is 2.72. The standard InChI is InChI=1S/C13H22N2OS2/c1-9-7-13(8-17-9,14-5-6-16-4)12-15-10(2)11(3)18-12/h9,14H,5-8H2,1-4H3. The highest BCUT2D eigenvalue weighted by atomic mass is 32.2. The molecule has 102 valence electrons. The number of thioether (sulfide) groups is 1. The molecule has 0 amide bonds. The lowest BCUT2D eigenvalue weighted by Crippen LogP contribution is -2.44. The van der Waals surface area contributed by atoms with Gasteiger partial charge in [-0.25, -0.2) is 4.98 Å². The van der Waals surface area contributed by atoms with Crippen molar-refractivity contribution in [1.29, 1.82) is 0 Å². The first kappa shape index (κ1) is 14.3. The minimum absolute atomic E-state index is 0.0618. The van der Waals surface area contributed by atoms with Crippen LogP contribution in [0, 0.1) is 13.8 Å². The predicted molar refractivity (Wildman–Crippen MR) is 79.7 cm³/mol. The molecule has 1 saturated heterocycles. The highest BCUT2D eigenvalue weighted by Crippen LogP contribution is 2.43. The van der Waals surface area contributed by atoms with Gasteiger partial charge in [0.15, 0.2) is 0 Å². The molecule has 1 aliphatic heterocycles. The maximum absolute atomic E-state index is 5.15. The number of thiazole rings is 1. The Morgan fingerprint density at radius 2 is 2.28 bits per heavy atom. The van der Waals surface area contributed by atoms with Crippen molar-refractivity contribution in [3.63, 3.8) is 0 Å². The van der Waals surface area contributed by atoms with E-state index in [1.165, 1.54) is 15.6 Å². The maximum atomic E-state index is 5.15. The summed E-state index contributed by atoms with van der Waals surface area (Å²) in [6.07, 6.45) is 1.16. The van der Waals surface area contributed by atoms with Gasteiger partial charge in [0.2, 0.25) is 0 Å². The van der Waals surface area contributed by atoms with E-state index in [0.717, 1.165) is 25.3 Å². The van der Waals surface area contributed by atoms with Gasteiger partial charge in [0.25, 0.3) is 0 Å². The summed E-state index contributed by atoms with van der Waals surface area (Å²) in [6.45, 7) is 8.21. The lowest BCUT2D eigenvalue weighted by Gasteiger charge is -2.27. The topological polar surface area (TPSA) is 34.1 Å². The summed E-state index contributed by atoms with van der Waals surface area (Å²) >= 11 is 3.88. The largest absolute Gasteiger partial charge is 0.383 e. The lowest BCUT2D eigenvalue weighted by molar-refractivity contribution is 0.186. The van der Waals surface area contributed by atoms with E-state index in [9.17, 15) is 0 Å². The van der Waals surface area contributed by atoms with Crippen molar-refractivity contribution in [3.8, 4) is 0 Å². The zero-order valence-corrected chi connectivity index (χ0v) is 13.2. The van der Waals surface area contributed by atoms with Gasteiger partial charge in [-0.3, -0.25) is 0 Å². The number of nitrogens with one attached hydrogen (secondary N) is 1. The quantitative estimate of drug-likeness (QED) is 0.844. The minimum Gasteiger partial charge on any atom is -0.383 e. The molecule has 1 aliphatic rings. The van der Waals surface area contributed by atoms with Crippen LogP contribution < -0.4 is 5.32 Å². The first-order valence-corrected chi connectivity index (χ1v) is 8.24. The van der Waals surface area contributed by atoms with E-state index in [0.29, 0.717) is 5.25 Å². The van der Waals surface area contributed by atoms with Crippen molar-refractivity contribution in [3.05, 3.63) is 15.6 Å². The highest BCUT2D eigenvalue weighted by Gasteiger charge is 2.41. The van der Waals surface area contributed by atoms with Crippen LogP contribution in [0.5, 0.6) is 0 Å². The number of hydrogen-bond acceptors (Lipinski definition) is 5. The average Bonchev–Trinajstić information content (AvgIpc) is 2.86. The molecule has 2 rings (SSSR count). The molecular weight excluding hydrogens is 264 g/mol. The molecule has 0 spiro atoms. The van der Waals surface area contributed by atoms with Gasteiger partial charge < -0.3 is 10.1 Å². The molecule has 3 nitrogen and oxygen atoms in total. The molecule has 0 aliphatic carbocycles. The fourth-order valence-electron chi connectivity index (χ4n) is 2.31. The third-order valence-electron chi connectivity index (χ3n) is 3.46. The summed E-state index contributed by atoms with van der Waals surface area (Å²) in [7, 11) is 1.75. The van der Waals surface area contributed by atoms with Gasteiger partial charge in [0.05, 0.1) is 17.8 Å². The first-order chi connectivity index (χ1) is 8.57. The Labute approximate surface area is 118 Å². The second kappa shape index (κ2) is 5.90. The lowest BCUT2D eigenvalue weighted by atomic mass is 9.97. The summed E-state index contributed by atoms with van der Waals surface area (Å²) < 4.78 is 5.15.